The number of benzene rings is 6. The van der Waals surface area contributed by atoms with Crippen LogP contribution in [0.25, 0.3) is 56.3 Å². The van der Waals surface area contributed by atoms with Gasteiger partial charge in [-0.3, -0.25) is 9.98 Å². The van der Waals surface area contributed by atoms with Gasteiger partial charge in [-0.2, -0.15) is 0 Å². The number of hydrogen-bond donors (Lipinski definition) is 1. The van der Waals surface area contributed by atoms with Gasteiger partial charge in [-0.25, -0.2) is 0 Å². The number of anilines is 1. The van der Waals surface area contributed by atoms with Crippen molar-refractivity contribution < 1.29 is 4.74 Å². The van der Waals surface area contributed by atoms with E-state index < -0.39 is 0 Å². The van der Waals surface area contributed by atoms with Crippen molar-refractivity contribution in [1.82, 2.24) is 0 Å². The molecule has 5 heteroatoms. The molecule has 0 aliphatic carbocycles. The Bertz CT molecular complexity index is 2650. The van der Waals surface area contributed by atoms with Gasteiger partial charge in [0.15, 0.2) is 0 Å². The maximum absolute atomic E-state index is 6.13. The summed E-state index contributed by atoms with van der Waals surface area (Å²) in [4.78, 5) is 11.7. The minimum atomic E-state index is 0.590. The van der Waals surface area contributed by atoms with Crippen molar-refractivity contribution in [3.05, 3.63) is 216 Å². The average Bonchev–Trinajstić information content (AvgIpc) is 3.64. The van der Waals surface area contributed by atoms with E-state index in [1.807, 2.05) is 98.9 Å². The van der Waals surface area contributed by atoms with Crippen LogP contribution in [0.5, 0.6) is 5.75 Å². The highest BCUT2D eigenvalue weighted by Gasteiger charge is 2.25. The van der Waals surface area contributed by atoms with Crippen LogP contribution in [-0.2, 0) is 6.54 Å². The van der Waals surface area contributed by atoms with Crippen molar-refractivity contribution in [2.24, 2.45) is 9.98 Å². The first-order valence-electron chi connectivity index (χ1n) is 19.2. The number of ether oxygens (including phenoxy) is 1. The van der Waals surface area contributed by atoms with Crippen LogP contribution in [0.15, 0.2) is 193 Å². The second-order valence-corrected chi connectivity index (χ2v) is 14.6. The van der Waals surface area contributed by atoms with E-state index in [1.54, 1.807) is 11.3 Å². The molecule has 0 unspecified atom stereocenters. The largest absolute Gasteiger partial charge is 0.457 e. The molecule has 0 spiro atoms. The molecule has 284 valence electrons. The molecule has 7 aromatic rings. The molecular weight excluding hydrogens is 727 g/mol. The Hall–Kier alpha value is -7.08. The van der Waals surface area contributed by atoms with Gasteiger partial charge in [0.05, 0.1) is 18.0 Å². The lowest BCUT2D eigenvalue weighted by atomic mass is 9.91. The third-order valence-electron chi connectivity index (χ3n) is 9.81. The number of para-hydroxylation sites is 1. The molecule has 58 heavy (non-hydrogen) atoms. The van der Waals surface area contributed by atoms with E-state index in [0.29, 0.717) is 12.3 Å². The molecule has 0 amide bonds. The second-order valence-electron chi connectivity index (χ2n) is 13.5. The lowest BCUT2D eigenvalue weighted by Gasteiger charge is -2.20. The number of nitrogens with zero attached hydrogens (tertiary/aromatic N) is 2. The molecular formula is C53H45N3OS. The van der Waals surface area contributed by atoms with Crippen LogP contribution in [0.1, 0.15) is 39.6 Å². The Morgan fingerprint density at radius 3 is 2.07 bits per heavy atom. The van der Waals surface area contributed by atoms with Crippen molar-refractivity contribution in [2.75, 3.05) is 12.4 Å². The second kappa shape index (κ2) is 18.7. The predicted molar refractivity (Wildman–Crippen MR) is 252 cm³/mol. The van der Waals surface area contributed by atoms with Gasteiger partial charge in [0.25, 0.3) is 0 Å². The highest BCUT2D eigenvalue weighted by atomic mass is 32.1. The van der Waals surface area contributed by atoms with Crippen molar-refractivity contribution in [3.8, 4) is 38.4 Å². The molecule has 0 atom stereocenters. The molecule has 6 aromatic carbocycles. The van der Waals surface area contributed by atoms with E-state index in [4.69, 9.17) is 9.73 Å². The average molecular weight is 772 g/mol. The molecule has 1 aromatic heterocycles. The Morgan fingerprint density at radius 1 is 0.724 bits per heavy atom. The minimum absolute atomic E-state index is 0.590. The zero-order chi connectivity index (χ0) is 40.3. The van der Waals surface area contributed by atoms with Crippen LogP contribution in [0.2, 0.25) is 0 Å². The van der Waals surface area contributed by atoms with Crippen LogP contribution < -0.4 is 10.1 Å². The summed E-state index contributed by atoms with van der Waals surface area (Å²) in [5.74, 6) is 1.51. The first kappa shape index (κ1) is 39.2. The monoisotopic (exact) mass is 771 g/mol. The number of hydrogen-bond acceptors (Lipinski definition) is 5. The smallest absolute Gasteiger partial charge is 0.136 e. The Labute approximate surface area is 346 Å². The minimum Gasteiger partial charge on any atom is -0.457 e. The molecule has 0 bridgehead atoms. The van der Waals surface area contributed by atoms with Gasteiger partial charge in [-0.15, -0.1) is 11.3 Å². The van der Waals surface area contributed by atoms with Gasteiger partial charge >= 0.3 is 0 Å². The third kappa shape index (κ3) is 8.81. The van der Waals surface area contributed by atoms with Crippen molar-refractivity contribution in [1.29, 1.82) is 0 Å². The number of allylic oxidation sites excluding steroid dienone is 2. The first-order valence-corrected chi connectivity index (χ1v) is 20.0. The van der Waals surface area contributed by atoms with E-state index in [-0.39, 0.29) is 0 Å². The number of rotatable bonds is 10. The van der Waals surface area contributed by atoms with E-state index in [0.717, 1.165) is 72.9 Å². The topological polar surface area (TPSA) is 46.0 Å². The maximum Gasteiger partial charge on any atom is 0.136 e. The van der Waals surface area contributed by atoms with Crippen molar-refractivity contribution in [3.63, 3.8) is 0 Å². The molecule has 0 radical (unpaired) electrons. The SMILES string of the molecule is C=Cc1c(/C=C\C)sc2c1-c1ccccc1C(=C)Oc1ccccc1-2.C=N/C(=C\C(=NCc1ccccc1)c1cccc(-c2ccc(NC)cc2)c1)c1ccccc1. The van der Waals surface area contributed by atoms with Gasteiger partial charge in [0.1, 0.15) is 11.5 Å². The number of aliphatic imine (C=N–C) groups is 2. The third-order valence-corrected chi connectivity index (χ3v) is 11.0. The van der Waals surface area contributed by atoms with Gasteiger partial charge in [-0.05, 0) is 78.4 Å². The van der Waals surface area contributed by atoms with Gasteiger partial charge in [0, 0.05) is 55.9 Å². The molecule has 0 saturated carbocycles. The van der Waals surface area contributed by atoms with Crippen LogP contribution in [0.4, 0.5) is 5.69 Å². The molecule has 1 aliphatic rings. The quantitative estimate of drug-likeness (QED) is 0.141. The van der Waals surface area contributed by atoms with E-state index in [1.165, 1.54) is 15.3 Å². The fourth-order valence-corrected chi connectivity index (χ4v) is 8.22. The summed E-state index contributed by atoms with van der Waals surface area (Å²) in [6.45, 7) is 14.7. The Balaban J connectivity index is 0.000000183. The van der Waals surface area contributed by atoms with Gasteiger partial charge in [-0.1, -0.05) is 153 Å². The summed E-state index contributed by atoms with van der Waals surface area (Å²) in [6, 6.07) is 53.7. The zero-order valence-electron chi connectivity index (χ0n) is 32.9. The lowest BCUT2D eigenvalue weighted by Crippen LogP contribution is -2.01. The first-order chi connectivity index (χ1) is 28.5. The van der Waals surface area contributed by atoms with Crippen LogP contribution in [0, 0.1) is 0 Å². The van der Waals surface area contributed by atoms with Gasteiger partial charge in [0.2, 0.25) is 0 Å². The van der Waals surface area contributed by atoms with Crippen LogP contribution >= 0.6 is 11.3 Å². The molecule has 1 N–H and O–H groups in total. The summed E-state index contributed by atoms with van der Waals surface area (Å²) in [5, 5.41) is 3.17. The van der Waals surface area contributed by atoms with Crippen LogP contribution in [0.3, 0.4) is 0 Å². The number of thiophene rings is 1. The number of nitrogens with one attached hydrogen (secondary N) is 1. The Morgan fingerprint density at radius 2 is 1.38 bits per heavy atom. The summed E-state index contributed by atoms with van der Waals surface area (Å²) >= 11 is 1.77. The zero-order valence-corrected chi connectivity index (χ0v) is 33.7. The van der Waals surface area contributed by atoms with E-state index in [9.17, 15) is 0 Å². The fourth-order valence-electron chi connectivity index (χ4n) is 6.90. The van der Waals surface area contributed by atoms with Crippen LogP contribution in [-0.4, -0.2) is 19.5 Å². The highest BCUT2D eigenvalue weighted by molar-refractivity contribution is 7.17. The standard InChI is InChI=1S/C30H27N3.C23H18OS/c1-31-28-18-16-24(17-19-28)26-14-9-15-27(20-26)30(33-22-23-10-5-3-6-11-23)21-29(32-2)25-12-7-4-8-13-25;1-4-10-21-16(5-2)22-18-12-7-6-11-17(18)15(3)24-20-14-9-8-13-19(20)23(22)25-21/h3-21,31H,2,22H2,1H3;4-14H,2-3H2,1H3/b29-21-,33-30?;10-4-. The summed E-state index contributed by atoms with van der Waals surface area (Å²) < 4.78 is 6.13. The summed E-state index contributed by atoms with van der Waals surface area (Å²) in [6.07, 6.45) is 8.19. The van der Waals surface area contributed by atoms with Gasteiger partial charge < -0.3 is 10.1 Å². The fraction of sp³-hybridized carbons (Fsp3) is 0.0566. The summed E-state index contributed by atoms with van der Waals surface area (Å²) in [5.41, 5.74) is 13.9. The van der Waals surface area contributed by atoms with Crippen molar-refractivity contribution in [2.45, 2.75) is 13.5 Å². The summed E-state index contributed by atoms with van der Waals surface area (Å²) in [7, 11) is 1.93. The molecule has 0 saturated heterocycles. The molecule has 2 heterocycles. The molecule has 4 nitrogen and oxygen atoms in total. The molecule has 0 fully saturated rings. The molecule has 1 aliphatic heterocycles. The highest BCUT2D eigenvalue weighted by Crippen LogP contribution is 2.50. The van der Waals surface area contributed by atoms with E-state index >= 15 is 0 Å². The lowest BCUT2D eigenvalue weighted by molar-refractivity contribution is 0.518. The molecule has 8 rings (SSSR count). The maximum atomic E-state index is 6.13. The number of fused-ring (bicyclic) bond motifs is 5. The van der Waals surface area contributed by atoms with E-state index in [2.05, 4.69) is 127 Å². The Kier molecular flexibility index (Phi) is 12.6. The predicted octanol–water partition coefficient (Wildman–Crippen LogP) is 14.2. The van der Waals surface area contributed by atoms with Crippen molar-refractivity contribution >= 4 is 53.1 Å². The normalized spacial score (nSPS) is 12.1.